The van der Waals surface area contributed by atoms with E-state index in [1.807, 2.05) is 54.3 Å². The summed E-state index contributed by atoms with van der Waals surface area (Å²) < 4.78 is 65.6. The lowest BCUT2D eigenvalue weighted by atomic mass is 10.2. The fourth-order valence-corrected chi connectivity index (χ4v) is 4.69. The lowest BCUT2D eigenvalue weighted by Gasteiger charge is -2.35. The molecule has 0 atom stereocenters. The van der Waals surface area contributed by atoms with Crippen LogP contribution in [-0.4, -0.2) is 80.9 Å². The van der Waals surface area contributed by atoms with Crippen LogP contribution in [0.1, 0.15) is 20.8 Å². The number of halogens is 6. The Labute approximate surface area is 256 Å². The number of carboxylic acid groups (broad SMARTS) is 2. The van der Waals surface area contributed by atoms with Gasteiger partial charge in [-0.15, -0.1) is 11.3 Å². The van der Waals surface area contributed by atoms with Crippen molar-refractivity contribution in [3.05, 3.63) is 88.5 Å². The molecule has 1 aliphatic rings. The lowest BCUT2D eigenvalue weighted by Crippen LogP contribution is -2.46. The Bertz CT molecular complexity index is 1530. The fraction of sp³-hybridized carbons (Fsp3) is 0.286. The van der Waals surface area contributed by atoms with E-state index in [1.165, 1.54) is 5.56 Å². The summed E-state index contributed by atoms with van der Waals surface area (Å²) in [4.78, 5) is 40.7. The maximum absolute atomic E-state index is 12.7. The average Bonchev–Trinajstić information content (AvgIpc) is 3.66. The van der Waals surface area contributed by atoms with Gasteiger partial charge in [0.05, 0.1) is 12.1 Å². The van der Waals surface area contributed by atoms with Crippen molar-refractivity contribution in [3.8, 4) is 0 Å². The van der Waals surface area contributed by atoms with Crippen LogP contribution in [0.4, 0.5) is 32.2 Å². The van der Waals surface area contributed by atoms with Gasteiger partial charge >= 0.3 is 24.3 Å². The SMILES string of the molecule is O=C(NCc1cccs1)c1ccc2ccc(N3CCN(Cc4cccnc4)CC3)n2c1.O=C(O)C(F)(F)F.O=C(O)C(F)(F)F. The number of anilines is 1. The number of amides is 1. The maximum atomic E-state index is 12.7. The summed E-state index contributed by atoms with van der Waals surface area (Å²) in [5.74, 6) is -4.42. The van der Waals surface area contributed by atoms with Crippen molar-refractivity contribution in [1.29, 1.82) is 0 Å². The second kappa shape index (κ2) is 15.4. The second-order valence-corrected chi connectivity index (χ2v) is 10.4. The molecular weight excluding hydrogens is 632 g/mol. The van der Waals surface area contributed by atoms with Crippen molar-refractivity contribution in [2.45, 2.75) is 25.4 Å². The Hall–Kier alpha value is -4.64. The van der Waals surface area contributed by atoms with Crippen molar-refractivity contribution in [2.75, 3.05) is 31.1 Å². The Balaban J connectivity index is 0.000000331. The van der Waals surface area contributed by atoms with E-state index < -0.39 is 24.3 Å². The van der Waals surface area contributed by atoms with Crippen LogP contribution in [0.3, 0.4) is 0 Å². The first kappa shape index (κ1) is 34.8. The molecule has 17 heteroatoms. The number of piperazine rings is 1. The summed E-state index contributed by atoms with van der Waals surface area (Å²) in [6.07, 6.45) is -4.45. The zero-order valence-electron chi connectivity index (χ0n) is 23.3. The molecule has 0 unspecified atom stereocenters. The summed E-state index contributed by atoms with van der Waals surface area (Å²) in [6.45, 7) is 5.42. The van der Waals surface area contributed by atoms with Gasteiger partial charge in [0.2, 0.25) is 0 Å². The molecule has 0 spiro atoms. The number of hydrogen-bond donors (Lipinski definition) is 3. The fourth-order valence-electron chi connectivity index (χ4n) is 4.05. The summed E-state index contributed by atoms with van der Waals surface area (Å²) >= 11 is 1.65. The predicted octanol–water partition coefficient (Wildman–Crippen LogP) is 4.91. The van der Waals surface area contributed by atoms with Crippen LogP contribution in [0.5, 0.6) is 0 Å². The third-order valence-corrected chi connectivity index (χ3v) is 7.08. The first-order valence-electron chi connectivity index (χ1n) is 13.0. The molecule has 4 aromatic rings. The van der Waals surface area contributed by atoms with Gasteiger partial charge in [-0.3, -0.25) is 14.7 Å². The highest BCUT2D eigenvalue weighted by Gasteiger charge is 2.38. The molecule has 3 N–H and O–H groups in total. The van der Waals surface area contributed by atoms with Crippen LogP contribution in [0.2, 0.25) is 0 Å². The number of carbonyl (C=O) groups excluding carboxylic acids is 1. The molecule has 0 saturated carbocycles. The number of nitrogens with zero attached hydrogens (tertiary/aromatic N) is 4. The first-order valence-corrected chi connectivity index (χ1v) is 13.9. The molecule has 5 heterocycles. The van der Waals surface area contributed by atoms with E-state index in [0.717, 1.165) is 48.9 Å². The molecule has 4 aromatic heterocycles. The minimum absolute atomic E-state index is 0.0451. The van der Waals surface area contributed by atoms with E-state index in [0.29, 0.717) is 12.1 Å². The van der Waals surface area contributed by atoms with Gasteiger partial charge < -0.3 is 24.8 Å². The molecule has 45 heavy (non-hydrogen) atoms. The van der Waals surface area contributed by atoms with Gasteiger partial charge in [-0.1, -0.05) is 12.1 Å². The van der Waals surface area contributed by atoms with Gasteiger partial charge in [0.15, 0.2) is 0 Å². The predicted molar refractivity (Wildman–Crippen MR) is 152 cm³/mol. The highest BCUT2D eigenvalue weighted by molar-refractivity contribution is 7.09. The van der Waals surface area contributed by atoms with Crippen molar-refractivity contribution >= 4 is 40.5 Å². The van der Waals surface area contributed by atoms with Crippen molar-refractivity contribution in [2.24, 2.45) is 0 Å². The minimum atomic E-state index is -5.08. The molecule has 10 nitrogen and oxygen atoms in total. The van der Waals surface area contributed by atoms with Gasteiger partial charge in [0.1, 0.15) is 5.82 Å². The van der Waals surface area contributed by atoms with E-state index in [1.54, 1.807) is 11.3 Å². The van der Waals surface area contributed by atoms with E-state index in [-0.39, 0.29) is 5.91 Å². The van der Waals surface area contributed by atoms with Crippen LogP contribution < -0.4 is 10.2 Å². The third-order valence-electron chi connectivity index (χ3n) is 6.21. The lowest BCUT2D eigenvalue weighted by molar-refractivity contribution is -0.193. The number of alkyl halides is 6. The van der Waals surface area contributed by atoms with Crippen LogP contribution in [0.25, 0.3) is 5.52 Å². The van der Waals surface area contributed by atoms with E-state index in [4.69, 9.17) is 19.8 Å². The monoisotopic (exact) mass is 659 g/mol. The highest BCUT2D eigenvalue weighted by atomic mass is 32.1. The normalized spacial score (nSPS) is 13.7. The van der Waals surface area contributed by atoms with E-state index >= 15 is 0 Å². The van der Waals surface area contributed by atoms with Crippen molar-refractivity contribution in [1.82, 2.24) is 19.6 Å². The van der Waals surface area contributed by atoms with E-state index in [9.17, 15) is 31.1 Å². The van der Waals surface area contributed by atoms with Gasteiger partial charge in [-0.25, -0.2) is 9.59 Å². The quantitative estimate of drug-likeness (QED) is 0.249. The number of carbonyl (C=O) groups is 3. The zero-order valence-corrected chi connectivity index (χ0v) is 24.1. The van der Waals surface area contributed by atoms with Gasteiger partial charge in [0.25, 0.3) is 5.91 Å². The number of nitrogens with one attached hydrogen (secondary N) is 1. The molecule has 1 fully saturated rings. The topological polar surface area (TPSA) is 127 Å². The molecule has 0 radical (unpaired) electrons. The van der Waals surface area contributed by atoms with Crippen molar-refractivity contribution in [3.63, 3.8) is 0 Å². The van der Waals surface area contributed by atoms with Crippen LogP contribution in [0.15, 0.2) is 72.5 Å². The molecule has 0 aliphatic carbocycles. The Morgan fingerprint density at radius 3 is 2.02 bits per heavy atom. The molecule has 0 aromatic carbocycles. The minimum Gasteiger partial charge on any atom is -0.475 e. The molecule has 5 rings (SSSR count). The maximum Gasteiger partial charge on any atom is 0.490 e. The number of aromatic nitrogens is 2. The van der Waals surface area contributed by atoms with Gasteiger partial charge in [-0.2, -0.15) is 26.3 Å². The van der Waals surface area contributed by atoms with Crippen LogP contribution in [-0.2, 0) is 22.7 Å². The Morgan fingerprint density at radius 2 is 1.49 bits per heavy atom. The third kappa shape index (κ3) is 10.8. The highest BCUT2D eigenvalue weighted by Crippen LogP contribution is 2.22. The van der Waals surface area contributed by atoms with Crippen LogP contribution >= 0.6 is 11.3 Å². The summed E-state index contributed by atoms with van der Waals surface area (Å²) in [6, 6.07) is 16.3. The standard InChI is InChI=1S/C24H25N5OS.2C2HF3O2/c30-24(26-16-22-4-2-14-31-22)20-5-6-21-7-8-23(29(21)18-20)28-12-10-27(11-13-28)17-19-3-1-9-25-15-19;2*3-2(4,5)1(6)7/h1-9,14-15,18H,10-13,16-17H2,(H,26,30);2*(H,6,7). The average molecular weight is 660 g/mol. The summed E-state index contributed by atoms with van der Waals surface area (Å²) in [7, 11) is 0. The smallest absolute Gasteiger partial charge is 0.475 e. The van der Waals surface area contributed by atoms with Crippen molar-refractivity contribution < 1.29 is 50.9 Å². The number of thiophene rings is 1. The molecule has 242 valence electrons. The van der Waals surface area contributed by atoms with Gasteiger partial charge in [0, 0.05) is 61.7 Å². The molecule has 0 bridgehead atoms. The summed E-state index contributed by atoms with van der Waals surface area (Å²) in [5, 5.41) is 19.3. The number of aliphatic carboxylic acids is 2. The number of fused-ring (bicyclic) bond motifs is 1. The molecule has 1 saturated heterocycles. The summed E-state index contributed by atoms with van der Waals surface area (Å²) in [5.41, 5.74) is 3.03. The Morgan fingerprint density at radius 1 is 0.867 bits per heavy atom. The first-order chi connectivity index (χ1) is 21.1. The molecule has 1 amide bonds. The number of hydrogen-bond acceptors (Lipinski definition) is 7. The second-order valence-electron chi connectivity index (χ2n) is 9.40. The largest absolute Gasteiger partial charge is 0.490 e. The molecular formula is C28H27F6N5O5S. The molecule has 1 aliphatic heterocycles. The van der Waals surface area contributed by atoms with Crippen LogP contribution in [0, 0.1) is 0 Å². The van der Waals surface area contributed by atoms with Gasteiger partial charge in [-0.05, 0) is 47.3 Å². The Kier molecular flexibility index (Phi) is 11.9. The zero-order chi connectivity index (χ0) is 33.2. The number of carboxylic acids is 2. The number of pyridine rings is 2. The number of rotatable bonds is 6. The van der Waals surface area contributed by atoms with E-state index in [2.05, 4.69) is 42.7 Å².